The van der Waals surface area contributed by atoms with Crippen molar-refractivity contribution in [2.75, 3.05) is 5.32 Å². The maximum Gasteiger partial charge on any atom is 0.125 e. The van der Waals surface area contributed by atoms with E-state index in [0.717, 1.165) is 5.56 Å². The molecule has 3 nitrogen and oxygen atoms in total. The second-order valence-electron chi connectivity index (χ2n) is 3.93. The third-order valence-electron chi connectivity index (χ3n) is 2.41. The summed E-state index contributed by atoms with van der Waals surface area (Å²) in [5.74, 6) is -0.293. The van der Waals surface area contributed by atoms with Crippen LogP contribution in [0.3, 0.4) is 0 Å². The SMILES string of the molecule is Cc1cc(F)cc(Nc2cnccc2C(N)=S)c1. The van der Waals surface area contributed by atoms with Gasteiger partial charge in [-0.05, 0) is 36.8 Å². The Bertz CT molecular complexity index is 578. The van der Waals surface area contributed by atoms with Crippen LogP contribution in [0.4, 0.5) is 15.8 Å². The first kappa shape index (κ1) is 12.4. The number of nitrogens with two attached hydrogens (primary N) is 1. The number of aryl methyl sites for hydroxylation is 1. The van der Waals surface area contributed by atoms with Crippen LogP contribution in [0.15, 0.2) is 36.7 Å². The van der Waals surface area contributed by atoms with Crippen molar-refractivity contribution in [1.29, 1.82) is 0 Å². The molecule has 2 aromatic rings. The van der Waals surface area contributed by atoms with Gasteiger partial charge in [0.15, 0.2) is 0 Å². The standard InChI is InChI=1S/C13H12FN3S/c1-8-4-9(14)6-10(5-8)17-12-7-16-3-2-11(12)13(15)18/h2-7,17H,1H3,(H2,15,18). The molecule has 0 radical (unpaired) electrons. The molecule has 1 heterocycles. The predicted molar refractivity (Wildman–Crippen MR) is 74.5 cm³/mol. The maximum absolute atomic E-state index is 13.3. The van der Waals surface area contributed by atoms with Crippen LogP contribution in [-0.4, -0.2) is 9.97 Å². The molecule has 0 saturated carbocycles. The number of hydrogen-bond acceptors (Lipinski definition) is 3. The zero-order chi connectivity index (χ0) is 13.1. The van der Waals surface area contributed by atoms with Crippen molar-refractivity contribution in [3.63, 3.8) is 0 Å². The number of anilines is 2. The predicted octanol–water partition coefficient (Wildman–Crippen LogP) is 2.91. The van der Waals surface area contributed by atoms with E-state index in [0.29, 0.717) is 16.9 Å². The van der Waals surface area contributed by atoms with Crippen LogP contribution in [-0.2, 0) is 0 Å². The van der Waals surface area contributed by atoms with Gasteiger partial charge in [-0.3, -0.25) is 4.98 Å². The molecule has 1 aromatic carbocycles. The van der Waals surface area contributed by atoms with E-state index in [1.165, 1.54) is 12.1 Å². The summed E-state index contributed by atoms with van der Waals surface area (Å²) in [6, 6.07) is 6.42. The van der Waals surface area contributed by atoms with Gasteiger partial charge in [0, 0.05) is 17.4 Å². The molecule has 0 fully saturated rings. The highest BCUT2D eigenvalue weighted by Crippen LogP contribution is 2.21. The number of nitrogens with zero attached hydrogens (tertiary/aromatic N) is 1. The minimum absolute atomic E-state index is 0.271. The summed E-state index contributed by atoms with van der Waals surface area (Å²) < 4.78 is 13.3. The van der Waals surface area contributed by atoms with Gasteiger partial charge < -0.3 is 11.1 Å². The Hall–Kier alpha value is -2.01. The third kappa shape index (κ3) is 2.81. The number of halogens is 1. The van der Waals surface area contributed by atoms with Gasteiger partial charge in [-0.15, -0.1) is 0 Å². The fourth-order valence-electron chi connectivity index (χ4n) is 1.67. The van der Waals surface area contributed by atoms with E-state index in [-0.39, 0.29) is 10.8 Å². The van der Waals surface area contributed by atoms with Crippen molar-refractivity contribution in [3.05, 3.63) is 53.6 Å². The lowest BCUT2D eigenvalue weighted by molar-refractivity contribution is 0.627. The van der Waals surface area contributed by atoms with Crippen molar-refractivity contribution in [3.8, 4) is 0 Å². The molecule has 1 aromatic heterocycles. The van der Waals surface area contributed by atoms with Gasteiger partial charge >= 0.3 is 0 Å². The molecule has 0 saturated heterocycles. The Balaban J connectivity index is 2.37. The van der Waals surface area contributed by atoms with Gasteiger partial charge in [0.2, 0.25) is 0 Å². The summed E-state index contributed by atoms with van der Waals surface area (Å²) in [6.07, 6.45) is 3.21. The molecule has 0 aliphatic heterocycles. The Labute approximate surface area is 110 Å². The van der Waals surface area contributed by atoms with Crippen LogP contribution in [0.25, 0.3) is 0 Å². The number of pyridine rings is 1. The Morgan fingerprint density at radius 1 is 1.39 bits per heavy atom. The van der Waals surface area contributed by atoms with E-state index in [1.54, 1.807) is 18.5 Å². The van der Waals surface area contributed by atoms with Gasteiger partial charge in [-0.2, -0.15) is 0 Å². The molecule has 92 valence electrons. The first-order valence-electron chi connectivity index (χ1n) is 5.34. The molecule has 2 rings (SSSR count). The second-order valence-corrected chi connectivity index (χ2v) is 4.37. The van der Waals surface area contributed by atoms with Gasteiger partial charge in [-0.25, -0.2) is 4.39 Å². The number of rotatable bonds is 3. The van der Waals surface area contributed by atoms with Gasteiger partial charge in [0.1, 0.15) is 10.8 Å². The summed E-state index contributed by atoms with van der Waals surface area (Å²) in [4.78, 5) is 4.27. The summed E-state index contributed by atoms with van der Waals surface area (Å²) >= 11 is 4.95. The molecule has 0 bridgehead atoms. The van der Waals surface area contributed by atoms with E-state index in [1.807, 2.05) is 13.0 Å². The smallest absolute Gasteiger partial charge is 0.125 e. The Morgan fingerprint density at radius 3 is 2.83 bits per heavy atom. The largest absolute Gasteiger partial charge is 0.389 e. The molecule has 0 aliphatic rings. The van der Waals surface area contributed by atoms with Gasteiger partial charge in [-0.1, -0.05) is 12.2 Å². The average Bonchev–Trinajstić information content (AvgIpc) is 2.27. The van der Waals surface area contributed by atoms with E-state index in [4.69, 9.17) is 18.0 Å². The van der Waals surface area contributed by atoms with Crippen LogP contribution in [0, 0.1) is 12.7 Å². The normalized spacial score (nSPS) is 10.1. The Kier molecular flexibility index (Phi) is 3.53. The maximum atomic E-state index is 13.3. The third-order valence-corrected chi connectivity index (χ3v) is 2.63. The average molecular weight is 261 g/mol. The summed E-state index contributed by atoms with van der Waals surface area (Å²) in [5, 5.41) is 3.07. The van der Waals surface area contributed by atoms with Crippen LogP contribution in [0.5, 0.6) is 0 Å². The van der Waals surface area contributed by atoms with E-state index in [9.17, 15) is 4.39 Å². The molecule has 0 aliphatic carbocycles. The zero-order valence-corrected chi connectivity index (χ0v) is 10.6. The monoisotopic (exact) mass is 261 g/mol. The molecule has 0 spiro atoms. The Morgan fingerprint density at radius 2 is 2.17 bits per heavy atom. The van der Waals surface area contributed by atoms with Gasteiger partial charge in [0.25, 0.3) is 0 Å². The highest BCUT2D eigenvalue weighted by molar-refractivity contribution is 7.80. The van der Waals surface area contributed by atoms with Crippen LogP contribution >= 0.6 is 12.2 Å². The second kappa shape index (κ2) is 5.10. The minimum atomic E-state index is -0.293. The van der Waals surface area contributed by atoms with Gasteiger partial charge in [0.05, 0.1) is 11.9 Å². The van der Waals surface area contributed by atoms with Crippen LogP contribution in [0.2, 0.25) is 0 Å². The fraction of sp³-hybridized carbons (Fsp3) is 0.0769. The molecular weight excluding hydrogens is 249 g/mol. The van der Waals surface area contributed by atoms with Crippen LogP contribution < -0.4 is 11.1 Å². The highest BCUT2D eigenvalue weighted by Gasteiger charge is 2.06. The molecule has 5 heteroatoms. The summed E-state index contributed by atoms with van der Waals surface area (Å²) in [5.41, 5.74) is 8.43. The van der Waals surface area contributed by atoms with Crippen molar-refractivity contribution in [2.24, 2.45) is 5.73 Å². The van der Waals surface area contributed by atoms with E-state index >= 15 is 0 Å². The molecule has 0 atom stereocenters. The lowest BCUT2D eigenvalue weighted by atomic mass is 10.2. The topological polar surface area (TPSA) is 50.9 Å². The number of benzene rings is 1. The first-order valence-corrected chi connectivity index (χ1v) is 5.75. The van der Waals surface area contributed by atoms with Crippen molar-refractivity contribution in [2.45, 2.75) is 6.92 Å². The number of hydrogen-bond donors (Lipinski definition) is 2. The first-order chi connectivity index (χ1) is 8.56. The lowest BCUT2D eigenvalue weighted by Gasteiger charge is -2.11. The van der Waals surface area contributed by atoms with Crippen molar-refractivity contribution < 1.29 is 4.39 Å². The molecule has 0 unspecified atom stereocenters. The van der Waals surface area contributed by atoms with Crippen molar-refractivity contribution in [1.82, 2.24) is 4.98 Å². The fourth-order valence-corrected chi connectivity index (χ4v) is 1.85. The molecule has 0 amide bonds. The molecule has 3 N–H and O–H groups in total. The minimum Gasteiger partial charge on any atom is -0.389 e. The quantitative estimate of drug-likeness (QED) is 0.834. The number of aromatic nitrogens is 1. The molecular formula is C13H12FN3S. The van der Waals surface area contributed by atoms with E-state index in [2.05, 4.69) is 10.3 Å². The summed E-state index contributed by atoms with van der Waals surface area (Å²) in [6.45, 7) is 1.83. The zero-order valence-electron chi connectivity index (χ0n) is 9.77. The summed E-state index contributed by atoms with van der Waals surface area (Å²) in [7, 11) is 0. The van der Waals surface area contributed by atoms with Crippen molar-refractivity contribution >= 4 is 28.6 Å². The van der Waals surface area contributed by atoms with E-state index < -0.39 is 0 Å². The number of nitrogens with one attached hydrogen (secondary N) is 1. The highest BCUT2D eigenvalue weighted by atomic mass is 32.1. The lowest BCUT2D eigenvalue weighted by Crippen LogP contribution is -2.12. The van der Waals surface area contributed by atoms with Crippen LogP contribution in [0.1, 0.15) is 11.1 Å². The number of thiocarbonyl (C=S) groups is 1. The molecule has 18 heavy (non-hydrogen) atoms.